The number of hydrogen-bond donors (Lipinski definition) is 3. The van der Waals surface area contributed by atoms with Crippen molar-refractivity contribution in [3.05, 3.63) is 65.4 Å². The predicted molar refractivity (Wildman–Crippen MR) is 118 cm³/mol. The highest BCUT2D eigenvalue weighted by Crippen LogP contribution is 2.36. The summed E-state index contributed by atoms with van der Waals surface area (Å²) >= 11 is 0. The van der Waals surface area contributed by atoms with Crippen LogP contribution in [0, 0.1) is 5.82 Å². The fraction of sp³-hybridized carbons (Fsp3) is 0.174. The number of amides is 4. The van der Waals surface area contributed by atoms with E-state index >= 15 is 0 Å². The van der Waals surface area contributed by atoms with Gasteiger partial charge in [-0.3, -0.25) is 20.0 Å². The molecule has 11 nitrogen and oxygen atoms in total. The molecule has 0 bridgehead atoms. The van der Waals surface area contributed by atoms with Crippen molar-refractivity contribution in [2.45, 2.75) is 12.1 Å². The Hall–Kier alpha value is -4.74. The number of nitrogens with zero attached hydrogens (tertiary/aromatic N) is 3. The number of H-pyrrole nitrogens is 1. The standard InChI is InChI=1S/C23H17FN6O5/c1-34-16-4-2-11-9-30(20(31)18(11)19(16)24)10-23(21(32)28-22(33)29-23)17-6-14-15(35-17)5-3-13(27-14)12-7-25-26-8-12/h2-8H,9-10H2,1H3,(H,25,26)(H2,28,29,32,33)/t23-/m0/s1. The molecular formula is C23H17FN6O5. The third-order valence-corrected chi connectivity index (χ3v) is 6.23. The molecule has 2 aliphatic rings. The fourth-order valence-electron chi connectivity index (χ4n) is 4.51. The molecule has 1 aromatic carbocycles. The molecule has 0 radical (unpaired) electrons. The largest absolute Gasteiger partial charge is 0.494 e. The average Bonchev–Trinajstić information content (AvgIpc) is 3.61. The molecule has 4 aromatic rings. The molecule has 176 valence electrons. The molecule has 35 heavy (non-hydrogen) atoms. The predicted octanol–water partition coefficient (Wildman–Crippen LogP) is 2.06. The summed E-state index contributed by atoms with van der Waals surface area (Å²) in [6.45, 7) is -0.239. The van der Waals surface area contributed by atoms with Gasteiger partial charge < -0.3 is 19.4 Å². The highest BCUT2D eigenvalue weighted by Gasteiger charge is 2.53. The number of benzene rings is 1. The first-order valence-electron chi connectivity index (χ1n) is 10.6. The molecule has 1 atom stereocenters. The minimum absolute atomic E-state index is 0.0447. The summed E-state index contributed by atoms with van der Waals surface area (Å²) in [6, 6.07) is 7.26. The van der Waals surface area contributed by atoms with Crippen LogP contribution in [0.2, 0.25) is 0 Å². The van der Waals surface area contributed by atoms with Crippen LogP contribution < -0.4 is 15.4 Å². The molecule has 0 saturated carbocycles. The SMILES string of the molecule is COc1ccc2c(c1F)C(=O)N(C[C@@]1(c3cc4nc(-c5cn[nH]c5)ccc4o3)NC(=O)NC1=O)C2. The average molecular weight is 476 g/mol. The van der Waals surface area contributed by atoms with E-state index in [1.54, 1.807) is 36.7 Å². The number of methoxy groups -OCH3 is 1. The molecule has 3 aromatic heterocycles. The van der Waals surface area contributed by atoms with Crippen molar-refractivity contribution in [3.63, 3.8) is 0 Å². The third-order valence-electron chi connectivity index (χ3n) is 6.23. The number of carbonyl (C=O) groups excluding carboxylic acids is 3. The summed E-state index contributed by atoms with van der Waals surface area (Å²) < 4.78 is 25.7. The zero-order valence-electron chi connectivity index (χ0n) is 18.2. The fourth-order valence-corrected chi connectivity index (χ4v) is 4.51. The van der Waals surface area contributed by atoms with Crippen molar-refractivity contribution >= 4 is 28.9 Å². The minimum atomic E-state index is -1.73. The number of nitrogens with one attached hydrogen (secondary N) is 3. The Morgan fingerprint density at radius 1 is 1.23 bits per heavy atom. The number of ether oxygens (including phenoxy) is 1. The van der Waals surface area contributed by atoms with Crippen molar-refractivity contribution in [1.29, 1.82) is 0 Å². The van der Waals surface area contributed by atoms with Crippen LogP contribution >= 0.6 is 0 Å². The third kappa shape index (κ3) is 3.06. The Labute approximate surface area is 196 Å². The molecule has 3 N–H and O–H groups in total. The number of furan rings is 1. The summed E-state index contributed by atoms with van der Waals surface area (Å²) in [7, 11) is 1.31. The van der Waals surface area contributed by atoms with Crippen LogP contribution in [0.25, 0.3) is 22.4 Å². The minimum Gasteiger partial charge on any atom is -0.494 e. The lowest BCUT2D eigenvalue weighted by Gasteiger charge is -2.28. The zero-order chi connectivity index (χ0) is 24.3. The van der Waals surface area contributed by atoms with E-state index < -0.39 is 29.2 Å². The van der Waals surface area contributed by atoms with Crippen molar-refractivity contribution in [1.82, 2.24) is 30.7 Å². The van der Waals surface area contributed by atoms with Crippen LogP contribution in [-0.2, 0) is 16.9 Å². The number of rotatable bonds is 5. The van der Waals surface area contributed by atoms with Gasteiger partial charge in [0.05, 0.1) is 31.1 Å². The molecule has 12 heteroatoms. The molecule has 2 aliphatic heterocycles. The number of urea groups is 1. The van der Waals surface area contributed by atoms with E-state index in [9.17, 15) is 18.8 Å². The van der Waals surface area contributed by atoms with Gasteiger partial charge in [-0.1, -0.05) is 6.07 Å². The van der Waals surface area contributed by atoms with Gasteiger partial charge in [0, 0.05) is 24.4 Å². The summed E-state index contributed by atoms with van der Waals surface area (Å²) in [6.07, 6.45) is 3.30. The highest BCUT2D eigenvalue weighted by atomic mass is 19.1. The summed E-state index contributed by atoms with van der Waals surface area (Å²) in [4.78, 5) is 44.2. The van der Waals surface area contributed by atoms with Gasteiger partial charge in [0.25, 0.3) is 11.8 Å². The Kier molecular flexibility index (Phi) is 4.40. The first kappa shape index (κ1) is 20.8. The Morgan fingerprint density at radius 2 is 2.09 bits per heavy atom. The van der Waals surface area contributed by atoms with E-state index in [-0.39, 0.29) is 30.2 Å². The zero-order valence-corrected chi connectivity index (χ0v) is 18.2. The van der Waals surface area contributed by atoms with Gasteiger partial charge in [0.1, 0.15) is 11.3 Å². The monoisotopic (exact) mass is 476 g/mol. The maximum Gasteiger partial charge on any atom is 0.322 e. The molecule has 0 aliphatic carbocycles. The normalized spacial score (nSPS) is 19.3. The quantitative estimate of drug-likeness (QED) is 0.374. The van der Waals surface area contributed by atoms with E-state index in [4.69, 9.17) is 9.15 Å². The number of imide groups is 1. The molecular weight excluding hydrogens is 459 g/mol. The second-order valence-electron chi connectivity index (χ2n) is 8.27. The number of aromatic nitrogens is 3. The number of hydrogen-bond acceptors (Lipinski definition) is 7. The molecule has 4 amide bonds. The number of carbonyl (C=O) groups is 3. The highest BCUT2D eigenvalue weighted by molar-refractivity contribution is 6.08. The Balaban J connectivity index is 1.40. The van der Waals surface area contributed by atoms with Gasteiger partial charge in [-0.05, 0) is 23.8 Å². The van der Waals surface area contributed by atoms with E-state index in [1.807, 2.05) is 0 Å². The smallest absolute Gasteiger partial charge is 0.322 e. The van der Waals surface area contributed by atoms with Crippen LogP contribution in [0.5, 0.6) is 5.75 Å². The van der Waals surface area contributed by atoms with Crippen molar-refractivity contribution < 1.29 is 27.9 Å². The molecule has 0 unspecified atom stereocenters. The van der Waals surface area contributed by atoms with Crippen molar-refractivity contribution in [2.75, 3.05) is 13.7 Å². The van der Waals surface area contributed by atoms with E-state index in [0.717, 1.165) is 5.56 Å². The maximum atomic E-state index is 14.8. The molecule has 1 saturated heterocycles. The summed E-state index contributed by atoms with van der Waals surface area (Å²) in [5.41, 5.74) is 0.804. The van der Waals surface area contributed by atoms with Gasteiger partial charge in [-0.25, -0.2) is 14.2 Å². The van der Waals surface area contributed by atoms with E-state index in [1.165, 1.54) is 18.1 Å². The first-order valence-corrected chi connectivity index (χ1v) is 10.6. The summed E-state index contributed by atoms with van der Waals surface area (Å²) in [5.74, 6) is -2.06. The Bertz CT molecular complexity index is 1530. The number of pyridine rings is 1. The molecule has 6 rings (SSSR count). The van der Waals surface area contributed by atoms with Crippen molar-refractivity contribution in [3.8, 4) is 17.0 Å². The van der Waals surface area contributed by atoms with E-state index in [0.29, 0.717) is 22.4 Å². The molecule has 0 spiro atoms. The first-order chi connectivity index (χ1) is 16.9. The van der Waals surface area contributed by atoms with Gasteiger partial charge in [0.2, 0.25) is 0 Å². The second kappa shape index (κ2) is 7.38. The lowest BCUT2D eigenvalue weighted by molar-refractivity contribution is -0.125. The van der Waals surface area contributed by atoms with Gasteiger partial charge in [-0.15, -0.1) is 0 Å². The van der Waals surface area contributed by atoms with Crippen LogP contribution in [0.15, 0.2) is 47.1 Å². The van der Waals surface area contributed by atoms with Gasteiger partial charge in [-0.2, -0.15) is 5.10 Å². The van der Waals surface area contributed by atoms with Crippen LogP contribution in [-0.4, -0.2) is 51.6 Å². The van der Waals surface area contributed by atoms with Crippen LogP contribution in [0.4, 0.5) is 9.18 Å². The van der Waals surface area contributed by atoms with Crippen LogP contribution in [0.3, 0.4) is 0 Å². The number of aromatic amines is 1. The van der Waals surface area contributed by atoms with Gasteiger partial charge in [0.15, 0.2) is 22.7 Å². The topological polar surface area (TPSA) is 142 Å². The molecule has 1 fully saturated rings. The van der Waals surface area contributed by atoms with E-state index in [2.05, 4.69) is 25.8 Å². The molecule has 5 heterocycles. The lowest BCUT2D eigenvalue weighted by atomic mass is 9.95. The van der Waals surface area contributed by atoms with Crippen molar-refractivity contribution in [2.24, 2.45) is 0 Å². The van der Waals surface area contributed by atoms with Crippen LogP contribution in [0.1, 0.15) is 21.7 Å². The lowest BCUT2D eigenvalue weighted by Crippen LogP contribution is -2.52. The summed E-state index contributed by atoms with van der Waals surface area (Å²) in [5, 5.41) is 11.4. The Morgan fingerprint density at radius 3 is 2.80 bits per heavy atom. The van der Waals surface area contributed by atoms with Gasteiger partial charge >= 0.3 is 6.03 Å². The number of fused-ring (bicyclic) bond motifs is 2. The number of halogens is 1. The maximum absolute atomic E-state index is 14.8. The second-order valence-corrected chi connectivity index (χ2v) is 8.27.